The zero-order valence-corrected chi connectivity index (χ0v) is 14.9. The smallest absolute Gasteiger partial charge is 0.269 e. The second-order valence-corrected chi connectivity index (χ2v) is 5.81. The van der Waals surface area contributed by atoms with Crippen LogP contribution in [0.25, 0.3) is 0 Å². The third kappa shape index (κ3) is 6.18. The highest BCUT2D eigenvalue weighted by molar-refractivity contribution is 7.80. The topological polar surface area (TPSA) is 92.4 Å². The van der Waals surface area contributed by atoms with Crippen LogP contribution in [-0.4, -0.2) is 28.5 Å². The van der Waals surface area contributed by atoms with Crippen molar-refractivity contribution in [1.82, 2.24) is 21.2 Å². The summed E-state index contributed by atoms with van der Waals surface area (Å²) in [6, 6.07) is 7.69. The number of rotatable bonds is 4. The number of carbonyl (C=O) groups excluding carboxylic acids is 2. The highest BCUT2D eigenvalue weighted by Gasteiger charge is 2.09. The molecule has 0 aliphatic heterocycles. The molecule has 0 fully saturated rings. The maximum Gasteiger partial charge on any atom is 0.269 e. The predicted molar refractivity (Wildman–Crippen MR) is 97.5 cm³/mol. The first-order chi connectivity index (χ1) is 12.0. The molecular formula is C15H12Cl2N4O3S. The minimum absolute atomic E-state index is 0.0850. The number of hydrazine groups is 1. The lowest BCUT2D eigenvalue weighted by atomic mass is 10.3. The maximum absolute atomic E-state index is 11.8. The van der Waals surface area contributed by atoms with Gasteiger partial charge in [-0.3, -0.25) is 30.7 Å². The summed E-state index contributed by atoms with van der Waals surface area (Å²) in [5.74, 6) is -0.643. The van der Waals surface area contributed by atoms with Crippen LogP contribution in [0.5, 0.6) is 5.75 Å². The molecule has 0 saturated heterocycles. The largest absolute Gasteiger partial charge is 0.482 e. The molecule has 0 atom stereocenters. The fourth-order valence-electron chi connectivity index (χ4n) is 1.62. The van der Waals surface area contributed by atoms with E-state index in [0.717, 1.165) is 0 Å². The molecule has 0 aliphatic rings. The Morgan fingerprint density at radius 1 is 1.12 bits per heavy atom. The Morgan fingerprint density at radius 3 is 2.52 bits per heavy atom. The van der Waals surface area contributed by atoms with Crippen molar-refractivity contribution in [1.29, 1.82) is 0 Å². The standard InChI is InChI=1S/C15H12Cl2N4O3S/c16-10-1-2-12(11(17)7-10)24-8-13(22)19-15(25)21-20-14(23)9-3-5-18-6-4-9/h1-7H,8H2,(H,20,23)(H2,19,21,22,25). The number of amides is 2. The van der Waals surface area contributed by atoms with Gasteiger partial charge in [0.15, 0.2) is 11.7 Å². The van der Waals surface area contributed by atoms with Gasteiger partial charge in [0.05, 0.1) is 5.02 Å². The monoisotopic (exact) mass is 398 g/mol. The molecule has 0 spiro atoms. The Morgan fingerprint density at radius 2 is 1.84 bits per heavy atom. The van der Waals surface area contributed by atoms with Gasteiger partial charge in [-0.1, -0.05) is 23.2 Å². The number of thiocarbonyl (C=S) groups is 1. The molecule has 2 rings (SSSR count). The summed E-state index contributed by atoms with van der Waals surface area (Å²) in [7, 11) is 0. The summed E-state index contributed by atoms with van der Waals surface area (Å²) in [6.45, 7) is -0.318. The van der Waals surface area contributed by atoms with Crippen molar-refractivity contribution in [2.24, 2.45) is 0 Å². The lowest BCUT2D eigenvalue weighted by Crippen LogP contribution is -2.49. The summed E-state index contributed by atoms with van der Waals surface area (Å²) in [4.78, 5) is 27.4. The van der Waals surface area contributed by atoms with Crippen LogP contribution in [0.2, 0.25) is 10.0 Å². The predicted octanol–water partition coefficient (Wildman–Crippen LogP) is 2.10. The van der Waals surface area contributed by atoms with E-state index >= 15 is 0 Å². The van der Waals surface area contributed by atoms with Crippen LogP contribution >= 0.6 is 35.4 Å². The van der Waals surface area contributed by atoms with Crippen LogP contribution in [0, 0.1) is 0 Å². The van der Waals surface area contributed by atoms with E-state index in [1.54, 1.807) is 12.1 Å². The Bertz CT molecular complexity index is 790. The number of nitrogens with one attached hydrogen (secondary N) is 3. The van der Waals surface area contributed by atoms with Crippen molar-refractivity contribution in [2.45, 2.75) is 0 Å². The Hall–Kier alpha value is -2.42. The van der Waals surface area contributed by atoms with Crippen molar-refractivity contribution in [3.63, 3.8) is 0 Å². The lowest BCUT2D eigenvalue weighted by Gasteiger charge is -2.11. The van der Waals surface area contributed by atoms with E-state index in [-0.39, 0.29) is 16.7 Å². The molecule has 0 bridgehead atoms. The number of halogens is 2. The zero-order chi connectivity index (χ0) is 18.2. The van der Waals surface area contributed by atoms with Crippen LogP contribution < -0.4 is 20.9 Å². The summed E-state index contributed by atoms with van der Waals surface area (Å²) >= 11 is 16.6. The molecular weight excluding hydrogens is 387 g/mol. The Kier molecular flexibility index (Phi) is 6.93. The van der Waals surface area contributed by atoms with Gasteiger partial charge in [0, 0.05) is 23.0 Å². The number of hydrogen-bond acceptors (Lipinski definition) is 5. The molecule has 0 saturated carbocycles. The average molecular weight is 399 g/mol. The van der Waals surface area contributed by atoms with Crippen LogP contribution in [0.15, 0.2) is 42.7 Å². The van der Waals surface area contributed by atoms with E-state index < -0.39 is 11.8 Å². The summed E-state index contributed by atoms with van der Waals surface area (Å²) in [6.07, 6.45) is 2.96. The Labute approximate surface area is 158 Å². The molecule has 130 valence electrons. The number of carbonyl (C=O) groups is 2. The molecule has 0 unspecified atom stereocenters. The molecule has 0 aliphatic carbocycles. The van der Waals surface area contributed by atoms with E-state index in [4.69, 9.17) is 40.2 Å². The van der Waals surface area contributed by atoms with Crippen molar-refractivity contribution in [2.75, 3.05) is 6.61 Å². The molecule has 1 aromatic carbocycles. The number of ether oxygens (including phenoxy) is 1. The highest BCUT2D eigenvalue weighted by atomic mass is 35.5. The fourth-order valence-corrected chi connectivity index (χ4v) is 2.25. The van der Waals surface area contributed by atoms with Gasteiger partial charge in [0.1, 0.15) is 5.75 Å². The Balaban J connectivity index is 1.74. The van der Waals surface area contributed by atoms with Crippen molar-refractivity contribution in [3.8, 4) is 5.75 Å². The van der Waals surface area contributed by atoms with E-state index in [9.17, 15) is 9.59 Å². The van der Waals surface area contributed by atoms with Gasteiger partial charge in [0.2, 0.25) is 0 Å². The normalized spacial score (nSPS) is 9.84. The van der Waals surface area contributed by atoms with E-state index in [2.05, 4.69) is 21.2 Å². The van der Waals surface area contributed by atoms with E-state index in [0.29, 0.717) is 16.3 Å². The molecule has 2 aromatic rings. The first kappa shape index (κ1) is 18.9. The van der Waals surface area contributed by atoms with E-state index in [1.807, 2.05) is 0 Å². The molecule has 1 heterocycles. The second-order valence-electron chi connectivity index (χ2n) is 4.56. The average Bonchev–Trinajstić information content (AvgIpc) is 2.59. The molecule has 7 nitrogen and oxygen atoms in total. The first-order valence-electron chi connectivity index (χ1n) is 6.84. The van der Waals surface area contributed by atoms with Gasteiger partial charge in [0.25, 0.3) is 11.8 Å². The SMILES string of the molecule is O=C(COc1ccc(Cl)cc1Cl)NC(=S)NNC(=O)c1ccncc1. The van der Waals surface area contributed by atoms with Gasteiger partial charge in [-0.15, -0.1) is 0 Å². The fraction of sp³-hybridized carbons (Fsp3) is 0.0667. The highest BCUT2D eigenvalue weighted by Crippen LogP contribution is 2.27. The van der Waals surface area contributed by atoms with Crippen molar-refractivity contribution < 1.29 is 14.3 Å². The van der Waals surface area contributed by atoms with Crippen molar-refractivity contribution >= 4 is 52.3 Å². The molecule has 1 aromatic heterocycles. The van der Waals surface area contributed by atoms with Crippen LogP contribution in [0.1, 0.15) is 10.4 Å². The van der Waals surface area contributed by atoms with E-state index in [1.165, 1.54) is 30.6 Å². The van der Waals surface area contributed by atoms with Gasteiger partial charge in [-0.05, 0) is 42.5 Å². The first-order valence-corrected chi connectivity index (χ1v) is 8.00. The number of benzene rings is 1. The van der Waals surface area contributed by atoms with Crippen LogP contribution in [0.3, 0.4) is 0 Å². The van der Waals surface area contributed by atoms with Crippen molar-refractivity contribution in [3.05, 3.63) is 58.3 Å². The second kappa shape index (κ2) is 9.16. The molecule has 2 amide bonds. The van der Waals surface area contributed by atoms with Gasteiger partial charge in [-0.2, -0.15) is 0 Å². The van der Waals surface area contributed by atoms with Crippen LogP contribution in [0.4, 0.5) is 0 Å². The zero-order valence-electron chi connectivity index (χ0n) is 12.6. The summed E-state index contributed by atoms with van der Waals surface area (Å²) in [5.41, 5.74) is 5.14. The lowest BCUT2D eigenvalue weighted by molar-refractivity contribution is -0.121. The van der Waals surface area contributed by atoms with Gasteiger partial charge in [-0.25, -0.2) is 0 Å². The summed E-state index contributed by atoms with van der Waals surface area (Å²) < 4.78 is 5.27. The molecule has 0 radical (unpaired) electrons. The maximum atomic E-state index is 11.8. The van der Waals surface area contributed by atoms with Gasteiger partial charge < -0.3 is 4.74 Å². The minimum Gasteiger partial charge on any atom is -0.482 e. The van der Waals surface area contributed by atoms with Gasteiger partial charge >= 0.3 is 0 Å². The number of aromatic nitrogens is 1. The molecule has 25 heavy (non-hydrogen) atoms. The quantitative estimate of drug-likeness (QED) is 0.539. The number of pyridine rings is 1. The third-order valence-electron chi connectivity index (χ3n) is 2.74. The number of hydrogen-bond donors (Lipinski definition) is 3. The van der Waals surface area contributed by atoms with Crippen LogP contribution in [-0.2, 0) is 4.79 Å². The number of nitrogens with zero attached hydrogens (tertiary/aromatic N) is 1. The molecule has 3 N–H and O–H groups in total. The third-order valence-corrected chi connectivity index (χ3v) is 3.47. The minimum atomic E-state index is -0.526. The molecule has 10 heteroatoms. The summed E-state index contributed by atoms with van der Waals surface area (Å²) in [5, 5.41) is 3.00.